The van der Waals surface area contributed by atoms with Gasteiger partial charge in [0.25, 0.3) is 0 Å². The molecule has 716 valence electrons. The standard InChI is InChI=1S/C37H42NO.C35H38NO.2C31H30NO/c1-22(2)20-37(21-23(3)4)30-12-10-9-11-29(30)34-31(37)16-15-28-27-14-13-25(7)33(35(27)39-36(28)34)32-19-26(24(5)6)17-18-38(32)8;1-20(2)24-17-18-36(8)30(19-24)31-23(7)13-14-25-26-15-16-29-32(34(26)37-33(25)31)27-11-9-10-12-28(27)35(29,21(3)4)22(5)6;1-18(2)20-13-14-32(6)27(15-20)29-19(3)11-12-22-24-16-26-23(17-28(24)33-30(22)29)21-9-7-8-10-25(21)31(26,4)5;1-18(2)20-15-16-32(6)26(17-20)27-19(3)11-12-23-24-14-13-22-21-9-7-8-10-25(21)31(4,5)28(22)30(24)33-29(23)27/h9-19,22-24H,20-21H2,1-8H3;9-22H,1-8H3;2*7-18H,1-6H3/q4*+1/i1D3,2D3,3D3,4D3,5D3,6D3,20D2,22D,23D,24D;1D3,2D3,3D3,4D3,5D3,20D,21D,22D;2*1D3,2D3,4D3,18D. The van der Waals surface area contributed by atoms with E-state index in [2.05, 4.69) is 0 Å². The second-order valence-electron chi connectivity index (χ2n) is 37.8. The van der Waals surface area contributed by atoms with Crippen molar-refractivity contribution in [2.24, 2.45) is 51.8 Å². The van der Waals surface area contributed by atoms with Gasteiger partial charge in [-0.25, -0.2) is 18.3 Å². The quantitative estimate of drug-likeness (QED) is 0.102. The Hall–Kier alpha value is -13.6. The van der Waals surface area contributed by atoms with E-state index in [1.54, 1.807) is 117 Å². The second-order valence-corrected chi connectivity index (χ2v) is 37.8. The fourth-order valence-corrected chi connectivity index (χ4v) is 22.4. The number of hydrogen-bond acceptors (Lipinski definition) is 4. The topological polar surface area (TPSA) is 68.1 Å². The van der Waals surface area contributed by atoms with E-state index in [-0.39, 0.29) is 100 Å². The van der Waals surface area contributed by atoms with Crippen LogP contribution in [0.25, 0.3) is 177 Å². The fraction of sp³-hybridized carbons (Fsp3) is 0.313. The highest BCUT2D eigenvalue weighted by atomic mass is 16.3. The van der Waals surface area contributed by atoms with E-state index < -0.39 is 198 Å². The molecule has 0 radical (unpaired) electrons. The molecule has 8 heterocycles. The van der Waals surface area contributed by atoms with Gasteiger partial charge in [-0.05, 0) is 223 Å². The van der Waals surface area contributed by atoms with Crippen molar-refractivity contribution in [3.05, 3.63) is 356 Å². The van der Waals surface area contributed by atoms with Gasteiger partial charge in [-0.1, -0.05) is 313 Å². The molecule has 12 aromatic carbocycles. The van der Waals surface area contributed by atoms with E-state index in [1.807, 2.05) is 111 Å². The molecule has 0 spiro atoms. The maximum absolute atomic E-state index is 9.74. The molecule has 8 aromatic heterocycles. The number of nitrogens with zero attached hydrogens (tertiary/aromatic N) is 4. The lowest BCUT2D eigenvalue weighted by molar-refractivity contribution is -0.660. The number of aromatic nitrogens is 4. The van der Waals surface area contributed by atoms with Crippen molar-refractivity contribution in [2.75, 3.05) is 0 Å². The van der Waals surface area contributed by atoms with Gasteiger partial charge < -0.3 is 17.7 Å². The first-order valence-corrected chi connectivity index (χ1v) is 46.2. The molecule has 0 aliphatic heterocycles. The summed E-state index contributed by atoms with van der Waals surface area (Å²) in [5, 5.41) is 4.54. The number of rotatable bonds is 14. The normalized spacial score (nSPS) is 25.9. The summed E-state index contributed by atoms with van der Waals surface area (Å²) in [5.74, 6) is -26.0. The largest absolute Gasteiger partial charge is 0.455 e. The summed E-state index contributed by atoms with van der Waals surface area (Å²) in [7, 11) is 6.73. The van der Waals surface area contributed by atoms with Gasteiger partial charge in [0.1, 0.15) is 72.9 Å². The van der Waals surface area contributed by atoms with Gasteiger partial charge in [-0.2, -0.15) is 0 Å². The molecule has 4 aliphatic carbocycles. The average Bonchev–Trinajstić information content (AvgIpc) is 1.48. The highest BCUT2D eigenvalue weighted by Gasteiger charge is 2.51. The van der Waals surface area contributed by atoms with Crippen LogP contribution < -0.4 is 18.3 Å². The van der Waals surface area contributed by atoms with Crippen molar-refractivity contribution >= 4 is 87.8 Å². The van der Waals surface area contributed by atoms with E-state index in [4.69, 9.17) is 93.1 Å². The van der Waals surface area contributed by atoms with Crippen LogP contribution in [-0.2, 0) is 49.9 Å². The third kappa shape index (κ3) is 14.7. The predicted molar refractivity (Wildman–Crippen MR) is 593 cm³/mol. The third-order valence-corrected chi connectivity index (χ3v) is 29.2. The molecule has 8 heteroatoms. The Kier molecular flexibility index (Phi) is 11.8. The SMILES string of the molecule is [2H]C([2H])([2H])C([2H])(C)C1(C([2H])(C([2H])([2H])[2H])C([2H])([2H])[2H])c2ccccc2-c2c1ccc1c2oc2c(-c3cc(C([2H])(C([2H])([2H])[2H])C([2H])([2H])[2H])cc[n+]3C)c(C)ccc21.[2H]C([2H])([2H])C([2H])(CC1(C([2H])([2H])C([2H])(C([2H])([2H])[2H])C([2H])([2H])[2H])c2ccccc2-c2c1ccc1c2oc2c(-c3cc(C([2H])(C([2H])([2H])[2H])C([2H])([2H])[2H])cc[n+]3C)c(C)ccc21)C([2H])([2H])[2H].[2H]C([2H])([2H])C1(C)c2ccccc2-c2cc3oc4c(-c5cc(C([2H])(C([2H])([2H])[2H])C([2H])([2H])[2H])cc[n+]5C)c(C)ccc4c3cc21.[2H]C([2H])([2H])C1(C)c2ccccc2-c2ccc3c(oc4c(-c5cc(C([2H])(C([2H])([2H])[2H])C([2H])([2H])[2H])cc[n+]5C)c(C)ccc43)c21. The molecule has 5 atom stereocenters. The summed E-state index contributed by atoms with van der Waals surface area (Å²) >= 11 is 0. The van der Waals surface area contributed by atoms with Crippen molar-refractivity contribution in [1.82, 2.24) is 0 Å². The lowest BCUT2D eigenvalue weighted by Gasteiger charge is -2.40. The van der Waals surface area contributed by atoms with Gasteiger partial charge in [0.05, 0.1) is 22.3 Å². The van der Waals surface area contributed by atoms with Gasteiger partial charge >= 0.3 is 0 Å². The van der Waals surface area contributed by atoms with E-state index >= 15 is 0 Å². The monoisotopic (exact) mass is 1930 g/mol. The zero-order valence-corrected chi connectivity index (χ0v) is 79.5. The van der Waals surface area contributed by atoms with Crippen molar-refractivity contribution in [2.45, 2.75) is 223 Å². The van der Waals surface area contributed by atoms with Crippen LogP contribution in [-0.4, -0.2) is 0 Å². The van der Waals surface area contributed by atoms with Crippen molar-refractivity contribution in [3.8, 4) is 89.5 Å². The first-order chi connectivity index (χ1) is 92.3. The highest BCUT2D eigenvalue weighted by Crippen LogP contribution is 2.62. The van der Waals surface area contributed by atoms with Gasteiger partial charge in [0, 0.05) is 214 Å². The Morgan fingerprint density at radius 2 is 0.655 bits per heavy atom. The summed E-state index contributed by atoms with van der Waals surface area (Å²) in [6.45, 7) is -44.8. The number of pyridine rings is 4. The van der Waals surface area contributed by atoms with Crippen LogP contribution in [0.1, 0.15) is 346 Å². The molecule has 142 heavy (non-hydrogen) atoms. The zero-order chi connectivity index (χ0) is 152. The van der Waals surface area contributed by atoms with Gasteiger partial charge in [0.15, 0.2) is 24.8 Å². The fourth-order valence-electron chi connectivity index (χ4n) is 22.4. The van der Waals surface area contributed by atoms with Crippen LogP contribution in [0.2, 0.25) is 0 Å². The molecule has 0 fully saturated rings. The first kappa shape index (κ1) is 47.6. The molecule has 5 unspecified atom stereocenters. The Balaban J connectivity index is 0.000000150. The van der Waals surface area contributed by atoms with Crippen molar-refractivity contribution < 1.29 is 120 Å². The van der Waals surface area contributed by atoms with E-state index in [0.29, 0.717) is 105 Å². The van der Waals surface area contributed by atoms with Crippen LogP contribution in [0, 0.1) is 51.3 Å². The number of aryl methyl sites for hydroxylation is 8. The maximum atomic E-state index is 9.74. The summed E-state index contributed by atoms with van der Waals surface area (Å²) in [6.07, 6.45) is 0.451. The van der Waals surface area contributed by atoms with Crippen molar-refractivity contribution in [1.29, 1.82) is 0 Å². The van der Waals surface area contributed by atoms with Gasteiger partial charge in [0.2, 0.25) is 22.8 Å². The number of fused-ring (bicyclic) bond motifs is 27. The van der Waals surface area contributed by atoms with Crippen LogP contribution in [0.3, 0.4) is 0 Å². The van der Waals surface area contributed by atoms with Crippen LogP contribution in [0.4, 0.5) is 0 Å². The predicted octanol–water partition coefficient (Wildman–Crippen LogP) is 34.6. The molecule has 0 N–H and O–H groups in total. The highest BCUT2D eigenvalue weighted by molar-refractivity contribution is 6.18. The molecule has 20 aromatic rings. The Labute approximate surface area is 925 Å². The summed E-state index contributed by atoms with van der Waals surface area (Å²) < 4.78 is 546. The summed E-state index contributed by atoms with van der Waals surface area (Å²) in [5.41, 5.74) is 4.27. The van der Waals surface area contributed by atoms with E-state index in [9.17, 15) is 8.22 Å². The molecule has 8 nitrogen and oxygen atoms in total. The second kappa shape index (κ2) is 35.2. The number of furan rings is 4. The molecule has 0 amide bonds. The molecule has 0 saturated heterocycles. The summed E-state index contributed by atoms with van der Waals surface area (Å²) in [4.78, 5) is 0. The molecular weight excluding hydrogens is 1730 g/mol. The van der Waals surface area contributed by atoms with E-state index in [0.717, 1.165) is 67.4 Å². The Morgan fingerprint density at radius 3 is 1.10 bits per heavy atom. The first-order valence-electron chi connectivity index (χ1n) is 76.7. The third-order valence-electron chi connectivity index (χ3n) is 29.2. The Morgan fingerprint density at radius 1 is 0.296 bits per heavy atom. The lowest BCUT2D eigenvalue weighted by Crippen LogP contribution is -2.37. The molecule has 0 bridgehead atoms. The molecule has 24 rings (SSSR count). The van der Waals surface area contributed by atoms with Crippen LogP contribution in [0.15, 0.2) is 285 Å². The van der Waals surface area contributed by atoms with Crippen LogP contribution >= 0.6 is 0 Å². The lowest BCUT2D eigenvalue weighted by atomic mass is 9.63. The Bertz CT molecular complexity index is 11200. The summed E-state index contributed by atoms with van der Waals surface area (Å²) in [6, 6.07) is 64.7. The molecule has 4 aliphatic rings. The van der Waals surface area contributed by atoms with Crippen molar-refractivity contribution in [3.63, 3.8) is 0 Å². The minimum absolute atomic E-state index is 0.0352. The maximum Gasteiger partial charge on any atom is 0.216 e. The molecular formula is C134H140N4O4+4. The zero-order valence-electron chi connectivity index (χ0n) is 141. The minimum Gasteiger partial charge on any atom is -0.455 e. The van der Waals surface area contributed by atoms with Crippen LogP contribution in [0.5, 0.6) is 0 Å². The van der Waals surface area contributed by atoms with Gasteiger partial charge in [-0.15, -0.1) is 0 Å². The smallest absolute Gasteiger partial charge is 0.216 e. The minimum atomic E-state index is -4.09. The number of hydrogen-bond donors (Lipinski definition) is 0. The number of benzene rings is 12. The average molecular weight is 1930 g/mol. The van der Waals surface area contributed by atoms with E-state index in [1.165, 1.54) is 128 Å². The van der Waals surface area contributed by atoms with Gasteiger partial charge in [-0.3, -0.25) is 0 Å². The molecule has 0 saturated carbocycles.